The normalized spacial score (nSPS) is 11.7. The van der Waals surface area contributed by atoms with Gasteiger partial charge in [-0.05, 0) is 11.1 Å². The molecule has 0 amide bonds. The molecule has 0 saturated heterocycles. The van der Waals surface area contributed by atoms with Gasteiger partial charge in [0.2, 0.25) is 0 Å². The van der Waals surface area contributed by atoms with Crippen LogP contribution in [0, 0.1) is 0 Å². The Morgan fingerprint density at radius 3 is 1.47 bits per heavy atom. The lowest BCUT2D eigenvalue weighted by atomic mass is 10.1. The van der Waals surface area contributed by atoms with Crippen molar-refractivity contribution in [1.29, 1.82) is 0 Å². The maximum atomic E-state index is 5.55. The number of rotatable bonds is 4. The molecular weight excluding hydrogens is 355 g/mol. The van der Waals surface area contributed by atoms with Gasteiger partial charge in [-0.3, -0.25) is 9.98 Å². The van der Waals surface area contributed by atoms with Gasteiger partial charge < -0.3 is 22.1 Å². The molecule has 0 saturated carbocycles. The Hall–Kier alpha value is -1.51. The number of nitrogens with zero attached hydrogens (tertiary/aromatic N) is 2. The van der Waals surface area contributed by atoms with E-state index in [4.69, 9.17) is 11.5 Å². The minimum Gasteiger partial charge on any atom is -0.370 e. The molecule has 0 heterocycles. The first-order valence-corrected chi connectivity index (χ1v) is 5.65. The summed E-state index contributed by atoms with van der Waals surface area (Å²) in [5.41, 5.74) is 13.4. The maximum absolute atomic E-state index is 5.55. The number of hydrogen-bond acceptors (Lipinski definition) is 2. The molecule has 1 aromatic rings. The topological polar surface area (TPSA) is 101 Å². The van der Waals surface area contributed by atoms with Crippen molar-refractivity contribution < 1.29 is 0 Å². The molecular formula is C12H21IN6. The van der Waals surface area contributed by atoms with Gasteiger partial charge in [-0.15, -0.1) is 24.0 Å². The van der Waals surface area contributed by atoms with E-state index < -0.39 is 0 Å². The summed E-state index contributed by atoms with van der Waals surface area (Å²) in [5.74, 6) is 0.875. The van der Waals surface area contributed by atoms with Crippen molar-refractivity contribution in [1.82, 2.24) is 10.6 Å². The van der Waals surface area contributed by atoms with Crippen molar-refractivity contribution >= 4 is 35.9 Å². The van der Waals surface area contributed by atoms with Crippen molar-refractivity contribution in [3.63, 3.8) is 0 Å². The minimum absolute atomic E-state index is 0. The second kappa shape index (κ2) is 9.42. The van der Waals surface area contributed by atoms with E-state index in [0.29, 0.717) is 25.0 Å². The first-order chi connectivity index (χ1) is 8.65. The van der Waals surface area contributed by atoms with Crippen molar-refractivity contribution in [3.8, 4) is 0 Å². The molecule has 0 spiro atoms. The molecule has 1 rings (SSSR count). The van der Waals surface area contributed by atoms with E-state index >= 15 is 0 Å². The second-order valence-corrected chi connectivity index (χ2v) is 3.74. The SMILES string of the molecule is CN=C(N)NCc1ccc(CNC(N)=NC)cc1.I. The molecule has 6 N–H and O–H groups in total. The highest BCUT2D eigenvalue weighted by Crippen LogP contribution is 2.03. The van der Waals surface area contributed by atoms with E-state index in [-0.39, 0.29) is 24.0 Å². The van der Waals surface area contributed by atoms with Crippen LogP contribution in [0.2, 0.25) is 0 Å². The lowest BCUT2D eigenvalue weighted by Gasteiger charge is -2.07. The fourth-order valence-corrected chi connectivity index (χ4v) is 1.32. The monoisotopic (exact) mass is 376 g/mol. The summed E-state index contributed by atoms with van der Waals surface area (Å²) in [4.78, 5) is 7.65. The predicted octanol–water partition coefficient (Wildman–Crippen LogP) is 0.373. The molecule has 106 valence electrons. The summed E-state index contributed by atoms with van der Waals surface area (Å²) in [5, 5.41) is 6.00. The summed E-state index contributed by atoms with van der Waals surface area (Å²) in [7, 11) is 3.30. The zero-order chi connectivity index (χ0) is 13.4. The van der Waals surface area contributed by atoms with Gasteiger partial charge >= 0.3 is 0 Å². The molecule has 0 unspecified atom stereocenters. The molecule has 1 aromatic carbocycles. The van der Waals surface area contributed by atoms with Crippen LogP contribution in [0.25, 0.3) is 0 Å². The number of benzene rings is 1. The average molecular weight is 376 g/mol. The van der Waals surface area contributed by atoms with Crippen LogP contribution in [0.5, 0.6) is 0 Å². The predicted molar refractivity (Wildman–Crippen MR) is 90.6 cm³/mol. The van der Waals surface area contributed by atoms with Crippen LogP contribution in [0.4, 0.5) is 0 Å². The largest absolute Gasteiger partial charge is 0.370 e. The number of guanidine groups is 2. The van der Waals surface area contributed by atoms with Crippen molar-refractivity contribution in [2.24, 2.45) is 21.5 Å². The molecule has 0 bridgehead atoms. The average Bonchev–Trinajstić information content (AvgIpc) is 2.43. The van der Waals surface area contributed by atoms with E-state index in [1.165, 1.54) is 0 Å². The number of nitrogens with two attached hydrogens (primary N) is 2. The first-order valence-electron chi connectivity index (χ1n) is 5.65. The molecule has 0 fully saturated rings. The van der Waals surface area contributed by atoms with Crippen molar-refractivity contribution in [2.45, 2.75) is 13.1 Å². The van der Waals surface area contributed by atoms with Gasteiger partial charge in [0.15, 0.2) is 11.9 Å². The molecule has 0 aliphatic rings. The Balaban J connectivity index is 0.00000324. The molecule has 7 heteroatoms. The highest BCUT2D eigenvalue weighted by Gasteiger charge is 1.96. The molecule has 0 aliphatic carbocycles. The smallest absolute Gasteiger partial charge is 0.188 e. The van der Waals surface area contributed by atoms with Gasteiger partial charge in [-0.25, -0.2) is 0 Å². The number of hydrogen-bond donors (Lipinski definition) is 4. The van der Waals surface area contributed by atoms with E-state index in [1.807, 2.05) is 24.3 Å². The van der Waals surface area contributed by atoms with Gasteiger partial charge in [0.25, 0.3) is 0 Å². The fraction of sp³-hybridized carbons (Fsp3) is 0.333. The first kappa shape index (κ1) is 17.5. The van der Waals surface area contributed by atoms with E-state index in [1.54, 1.807) is 14.1 Å². The van der Waals surface area contributed by atoms with Crippen LogP contribution in [0.15, 0.2) is 34.3 Å². The third-order valence-corrected chi connectivity index (χ3v) is 2.45. The van der Waals surface area contributed by atoms with Gasteiger partial charge in [-0.2, -0.15) is 0 Å². The van der Waals surface area contributed by atoms with E-state index in [0.717, 1.165) is 11.1 Å². The number of halogens is 1. The molecule has 0 radical (unpaired) electrons. The number of aliphatic imine (C=N–C) groups is 2. The second-order valence-electron chi connectivity index (χ2n) is 3.74. The molecule has 6 nitrogen and oxygen atoms in total. The zero-order valence-corrected chi connectivity index (χ0v) is 13.5. The molecule has 0 aliphatic heterocycles. The third kappa shape index (κ3) is 6.85. The molecule has 19 heavy (non-hydrogen) atoms. The van der Waals surface area contributed by atoms with Crippen LogP contribution >= 0.6 is 24.0 Å². The van der Waals surface area contributed by atoms with E-state index in [9.17, 15) is 0 Å². The molecule has 0 aromatic heterocycles. The Kier molecular flexibility index (Phi) is 8.68. The fourth-order valence-electron chi connectivity index (χ4n) is 1.32. The lowest BCUT2D eigenvalue weighted by molar-refractivity contribution is 0.883. The van der Waals surface area contributed by atoms with Crippen LogP contribution in [-0.2, 0) is 13.1 Å². The van der Waals surface area contributed by atoms with Crippen LogP contribution < -0.4 is 22.1 Å². The van der Waals surface area contributed by atoms with Crippen LogP contribution in [0.1, 0.15) is 11.1 Å². The van der Waals surface area contributed by atoms with Crippen molar-refractivity contribution in [3.05, 3.63) is 35.4 Å². The minimum atomic E-state index is 0. The Labute approximate surface area is 130 Å². The quantitative estimate of drug-likeness (QED) is 0.347. The standard InChI is InChI=1S/C12H20N6.HI/c1-15-11(13)17-7-9-3-5-10(6-4-9)8-18-12(14)16-2;/h3-6H,7-8H2,1-2H3,(H3,13,15,17)(H3,14,16,18);1H. The van der Waals surface area contributed by atoms with Crippen molar-refractivity contribution in [2.75, 3.05) is 14.1 Å². The highest BCUT2D eigenvalue weighted by atomic mass is 127. The summed E-state index contributed by atoms with van der Waals surface area (Å²) in [6.45, 7) is 1.32. The summed E-state index contributed by atoms with van der Waals surface area (Å²) in [6.07, 6.45) is 0. The van der Waals surface area contributed by atoms with E-state index in [2.05, 4.69) is 20.6 Å². The van der Waals surface area contributed by atoms with Gasteiger partial charge in [0.05, 0.1) is 0 Å². The number of nitrogens with one attached hydrogen (secondary N) is 2. The Morgan fingerprint density at radius 2 is 1.21 bits per heavy atom. The third-order valence-electron chi connectivity index (χ3n) is 2.45. The Morgan fingerprint density at radius 1 is 0.895 bits per heavy atom. The zero-order valence-electron chi connectivity index (χ0n) is 11.2. The lowest BCUT2D eigenvalue weighted by Crippen LogP contribution is -2.31. The van der Waals surface area contributed by atoms with Gasteiger partial charge in [0.1, 0.15) is 0 Å². The summed E-state index contributed by atoms with van der Waals surface area (Å²) >= 11 is 0. The highest BCUT2D eigenvalue weighted by molar-refractivity contribution is 14.0. The van der Waals surface area contributed by atoms with Crippen LogP contribution in [0.3, 0.4) is 0 Å². The summed E-state index contributed by atoms with van der Waals surface area (Å²) < 4.78 is 0. The van der Waals surface area contributed by atoms with Crippen LogP contribution in [-0.4, -0.2) is 26.0 Å². The summed E-state index contributed by atoms with van der Waals surface area (Å²) in [6, 6.07) is 8.14. The maximum Gasteiger partial charge on any atom is 0.188 e. The Bertz CT molecular complexity index is 385. The molecule has 0 atom stereocenters. The van der Waals surface area contributed by atoms with Gasteiger partial charge in [0, 0.05) is 27.2 Å². The van der Waals surface area contributed by atoms with Gasteiger partial charge in [-0.1, -0.05) is 24.3 Å².